The molecule has 1 heterocycles. The van der Waals surface area contributed by atoms with Gasteiger partial charge in [-0.15, -0.1) is 5.10 Å². The third-order valence-electron chi connectivity index (χ3n) is 2.73. The van der Waals surface area contributed by atoms with Crippen molar-refractivity contribution in [2.24, 2.45) is 0 Å². The highest BCUT2D eigenvalue weighted by atomic mass is 32.2. The highest BCUT2D eigenvalue weighted by Crippen LogP contribution is 2.27. The normalized spacial score (nSPS) is 12.2. The van der Waals surface area contributed by atoms with Crippen LogP contribution in [0.4, 0.5) is 0 Å². The summed E-state index contributed by atoms with van der Waals surface area (Å²) in [4.78, 5) is 12.0. The van der Waals surface area contributed by atoms with E-state index in [-0.39, 0.29) is 18.1 Å². The summed E-state index contributed by atoms with van der Waals surface area (Å²) in [5.74, 6) is 0.288. The zero-order valence-corrected chi connectivity index (χ0v) is 14.4. The van der Waals surface area contributed by atoms with Crippen molar-refractivity contribution in [3.8, 4) is 5.19 Å². The molecular formula is C15H19N3O2S2. The number of amides is 1. The van der Waals surface area contributed by atoms with Gasteiger partial charge in [0.05, 0.1) is 17.9 Å². The number of carbonyl (C=O) groups is 1. The summed E-state index contributed by atoms with van der Waals surface area (Å²) in [6.45, 7) is 5.84. The molecule has 0 bridgehead atoms. The molecular weight excluding hydrogens is 318 g/mol. The van der Waals surface area contributed by atoms with E-state index in [1.54, 1.807) is 0 Å². The number of aromatic nitrogens is 2. The van der Waals surface area contributed by atoms with Gasteiger partial charge in [0.2, 0.25) is 5.91 Å². The zero-order chi connectivity index (χ0) is 15.9. The van der Waals surface area contributed by atoms with Crippen molar-refractivity contribution in [3.63, 3.8) is 0 Å². The molecule has 118 valence electrons. The summed E-state index contributed by atoms with van der Waals surface area (Å²) in [7, 11) is 0. The van der Waals surface area contributed by atoms with Crippen LogP contribution in [-0.4, -0.2) is 28.0 Å². The van der Waals surface area contributed by atoms with E-state index in [2.05, 4.69) is 15.5 Å². The highest BCUT2D eigenvalue weighted by Gasteiger charge is 2.12. The summed E-state index contributed by atoms with van der Waals surface area (Å²) in [5, 5.41) is 11.4. The number of hydrogen-bond donors (Lipinski definition) is 1. The molecule has 0 aliphatic heterocycles. The lowest BCUT2D eigenvalue weighted by molar-refractivity contribution is -0.119. The number of hydrogen-bond acceptors (Lipinski definition) is 6. The van der Waals surface area contributed by atoms with Gasteiger partial charge in [-0.3, -0.25) is 4.79 Å². The number of ether oxygens (including phenoxy) is 1. The molecule has 0 saturated carbocycles. The standard InChI is InChI=1S/C15H19N3O2S2/c1-10(2)20-14-17-18-15(22-14)21-9-13(19)16-11(3)12-7-5-4-6-8-12/h4-8,10-11H,9H2,1-3H3,(H,16,19)/t11-/m1/s1. The number of nitrogens with one attached hydrogen (secondary N) is 1. The Labute approximate surface area is 138 Å². The largest absolute Gasteiger partial charge is 0.466 e. The first-order valence-corrected chi connectivity index (χ1v) is 8.82. The second kappa shape index (κ2) is 8.14. The molecule has 1 atom stereocenters. The molecule has 0 radical (unpaired) electrons. The molecule has 1 amide bonds. The number of carbonyl (C=O) groups excluding carboxylic acids is 1. The maximum Gasteiger partial charge on any atom is 0.295 e. The fraction of sp³-hybridized carbons (Fsp3) is 0.400. The Balaban J connectivity index is 1.79. The van der Waals surface area contributed by atoms with Crippen molar-refractivity contribution in [2.75, 3.05) is 5.75 Å². The Morgan fingerprint density at radius 2 is 2.00 bits per heavy atom. The zero-order valence-electron chi connectivity index (χ0n) is 12.8. The van der Waals surface area contributed by atoms with Gasteiger partial charge in [0, 0.05) is 0 Å². The van der Waals surface area contributed by atoms with E-state index >= 15 is 0 Å². The van der Waals surface area contributed by atoms with Gasteiger partial charge in [0.1, 0.15) is 0 Å². The summed E-state index contributed by atoms with van der Waals surface area (Å²) in [6.07, 6.45) is 0.0702. The molecule has 7 heteroatoms. The third kappa shape index (κ3) is 5.31. The molecule has 2 aromatic rings. The van der Waals surface area contributed by atoms with E-state index in [1.165, 1.54) is 23.1 Å². The molecule has 0 unspecified atom stereocenters. The third-order valence-corrected chi connectivity index (χ3v) is 4.68. The van der Waals surface area contributed by atoms with Crippen molar-refractivity contribution < 1.29 is 9.53 Å². The summed E-state index contributed by atoms with van der Waals surface area (Å²) in [6, 6.07) is 9.87. The van der Waals surface area contributed by atoms with Crippen LogP contribution in [0.25, 0.3) is 0 Å². The molecule has 0 aliphatic carbocycles. The van der Waals surface area contributed by atoms with Crippen LogP contribution in [-0.2, 0) is 4.79 Å². The second-order valence-electron chi connectivity index (χ2n) is 4.99. The Morgan fingerprint density at radius 3 is 2.68 bits per heavy atom. The quantitative estimate of drug-likeness (QED) is 0.786. The van der Waals surface area contributed by atoms with E-state index < -0.39 is 0 Å². The topological polar surface area (TPSA) is 64.1 Å². The van der Waals surface area contributed by atoms with E-state index in [1.807, 2.05) is 51.1 Å². The van der Waals surface area contributed by atoms with Crippen LogP contribution in [0.5, 0.6) is 5.19 Å². The summed E-state index contributed by atoms with van der Waals surface area (Å²) >= 11 is 2.72. The minimum atomic E-state index is -0.0251. The molecule has 0 fully saturated rings. The lowest BCUT2D eigenvalue weighted by Gasteiger charge is -2.13. The molecule has 0 spiro atoms. The van der Waals surface area contributed by atoms with Crippen LogP contribution in [0.3, 0.4) is 0 Å². The first-order chi connectivity index (χ1) is 10.5. The Bertz CT molecular complexity index is 602. The Kier molecular flexibility index (Phi) is 6.21. The monoisotopic (exact) mass is 337 g/mol. The predicted octanol–water partition coefficient (Wildman–Crippen LogP) is 3.29. The lowest BCUT2D eigenvalue weighted by Crippen LogP contribution is -2.28. The van der Waals surface area contributed by atoms with Crippen LogP contribution < -0.4 is 10.1 Å². The number of rotatable bonds is 7. The smallest absolute Gasteiger partial charge is 0.295 e. The first kappa shape index (κ1) is 16.8. The van der Waals surface area contributed by atoms with Gasteiger partial charge in [0.25, 0.3) is 5.19 Å². The van der Waals surface area contributed by atoms with Crippen LogP contribution in [0.15, 0.2) is 34.7 Å². The van der Waals surface area contributed by atoms with Crippen molar-refractivity contribution in [2.45, 2.75) is 37.3 Å². The fourth-order valence-corrected chi connectivity index (χ4v) is 3.36. The summed E-state index contributed by atoms with van der Waals surface area (Å²) < 4.78 is 6.19. The van der Waals surface area contributed by atoms with Crippen LogP contribution in [0.1, 0.15) is 32.4 Å². The van der Waals surface area contributed by atoms with Crippen molar-refractivity contribution >= 4 is 29.0 Å². The lowest BCUT2D eigenvalue weighted by atomic mass is 10.1. The molecule has 0 saturated heterocycles. The van der Waals surface area contributed by atoms with Gasteiger partial charge in [-0.2, -0.15) is 0 Å². The Morgan fingerprint density at radius 1 is 1.27 bits per heavy atom. The Hall–Kier alpha value is -1.60. The average molecular weight is 337 g/mol. The summed E-state index contributed by atoms with van der Waals surface area (Å²) in [5.41, 5.74) is 1.09. The van der Waals surface area contributed by atoms with Gasteiger partial charge in [-0.05, 0) is 37.7 Å². The van der Waals surface area contributed by atoms with Gasteiger partial charge < -0.3 is 10.1 Å². The molecule has 5 nitrogen and oxygen atoms in total. The van der Waals surface area contributed by atoms with Gasteiger partial charge >= 0.3 is 0 Å². The second-order valence-corrected chi connectivity index (χ2v) is 7.15. The molecule has 1 aromatic heterocycles. The van der Waals surface area contributed by atoms with Gasteiger partial charge in [-0.25, -0.2) is 0 Å². The maximum atomic E-state index is 12.0. The van der Waals surface area contributed by atoms with E-state index in [0.29, 0.717) is 10.9 Å². The number of thioether (sulfide) groups is 1. The van der Waals surface area contributed by atoms with E-state index in [4.69, 9.17) is 4.74 Å². The molecule has 2 rings (SSSR count). The average Bonchev–Trinajstić information content (AvgIpc) is 2.93. The van der Waals surface area contributed by atoms with E-state index in [9.17, 15) is 4.79 Å². The van der Waals surface area contributed by atoms with Crippen molar-refractivity contribution in [1.29, 1.82) is 0 Å². The molecule has 1 aromatic carbocycles. The van der Waals surface area contributed by atoms with Gasteiger partial charge in [0.15, 0.2) is 4.34 Å². The SMILES string of the molecule is CC(C)Oc1nnc(SCC(=O)N[C@H](C)c2ccccc2)s1. The maximum absolute atomic E-state index is 12.0. The molecule has 0 aliphatic rings. The fourth-order valence-electron chi connectivity index (χ4n) is 1.74. The predicted molar refractivity (Wildman–Crippen MR) is 89.4 cm³/mol. The van der Waals surface area contributed by atoms with Crippen molar-refractivity contribution in [3.05, 3.63) is 35.9 Å². The molecule has 22 heavy (non-hydrogen) atoms. The van der Waals surface area contributed by atoms with Gasteiger partial charge in [-0.1, -0.05) is 47.2 Å². The minimum Gasteiger partial charge on any atom is -0.466 e. The molecule has 1 N–H and O–H groups in total. The highest BCUT2D eigenvalue weighted by molar-refractivity contribution is 8.01. The number of nitrogens with zero attached hydrogens (tertiary/aromatic N) is 2. The van der Waals surface area contributed by atoms with E-state index in [0.717, 1.165) is 9.90 Å². The minimum absolute atomic E-state index is 0.0106. The first-order valence-electron chi connectivity index (χ1n) is 7.02. The van der Waals surface area contributed by atoms with Crippen LogP contribution >= 0.6 is 23.1 Å². The van der Waals surface area contributed by atoms with Crippen LogP contribution in [0.2, 0.25) is 0 Å². The van der Waals surface area contributed by atoms with Crippen molar-refractivity contribution in [1.82, 2.24) is 15.5 Å². The van der Waals surface area contributed by atoms with Crippen LogP contribution in [0, 0.1) is 0 Å². The number of benzene rings is 1.